The molecule has 0 saturated carbocycles. The van der Waals surface area contributed by atoms with Gasteiger partial charge in [0.25, 0.3) is 5.82 Å². The lowest BCUT2D eigenvalue weighted by molar-refractivity contribution is -0.898. The van der Waals surface area contributed by atoms with Crippen LogP contribution in [-0.2, 0) is 0 Å². The zero-order valence-corrected chi connectivity index (χ0v) is 9.98. The number of anilines is 1. The van der Waals surface area contributed by atoms with Gasteiger partial charge in [0.1, 0.15) is 26.2 Å². The molecule has 1 aromatic rings. The van der Waals surface area contributed by atoms with Gasteiger partial charge in [0, 0.05) is 12.1 Å². The lowest BCUT2D eigenvalue weighted by Crippen LogP contribution is -3.14. The van der Waals surface area contributed by atoms with Gasteiger partial charge in [-0.1, -0.05) is 0 Å². The second-order valence-corrected chi connectivity index (χ2v) is 4.28. The smallest absolute Gasteiger partial charge is 0.308 e. The molecule has 1 saturated heterocycles. The van der Waals surface area contributed by atoms with Gasteiger partial charge in [-0.3, -0.25) is 15.0 Å². The van der Waals surface area contributed by atoms with Gasteiger partial charge in [-0.25, -0.2) is 4.98 Å². The number of aromatic nitrogens is 1. The van der Waals surface area contributed by atoms with E-state index in [1.807, 2.05) is 0 Å². The summed E-state index contributed by atoms with van der Waals surface area (Å²) in [6, 6.07) is 3.33. The molecule has 1 aromatic heterocycles. The van der Waals surface area contributed by atoms with E-state index in [0.29, 0.717) is 0 Å². The molecule has 1 fully saturated rings. The molecule has 2 rings (SSSR count). The number of H-pyrrole nitrogens is 1. The minimum absolute atomic E-state index is 0.103. The molecule has 1 aliphatic heterocycles. The van der Waals surface area contributed by atoms with Crippen LogP contribution in [0.2, 0.25) is 0 Å². The lowest BCUT2D eigenvalue weighted by atomic mass is 10.3. The summed E-state index contributed by atoms with van der Waals surface area (Å²) in [5, 5.41) is 10.5. The molecule has 0 spiro atoms. The number of likely N-dealkylation sites (N-methyl/N-ethyl adjacent to an activating group) is 1. The number of quaternary nitrogens is 1. The molecule has 92 valence electrons. The van der Waals surface area contributed by atoms with Crippen LogP contribution < -0.4 is 14.8 Å². The maximum absolute atomic E-state index is 10.5. The lowest BCUT2D eigenvalue weighted by Gasteiger charge is -2.27. The number of hydrogen-bond acceptors (Lipinski definition) is 3. The van der Waals surface area contributed by atoms with Crippen molar-refractivity contribution in [1.29, 1.82) is 0 Å². The quantitative estimate of drug-likeness (QED) is 0.550. The monoisotopic (exact) mass is 238 g/mol. The molecule has 0 bridgehead atoms. The van der Waals surface area contributed by atoms with Crippen molar-refractivity contribution in [2.24, 2.45) is 0 Å². The van der Waals surface area contributed by atoms with Crippen LogP contribution in [0.3, 0.4) is 0 Å². The Labute approximate surface area is 100 Å². The molecule has 2 heterocycles. The van der Waals surface area contributed by atoms with Crippen LogP contribution in [0.1, 0.15) is 6.92 Å². The minimum Gasteiger partial charge on any atom is -0.329 e. The van der Waals surface area contributed by atoms with Gasteiger partial charge >= 0.3 is 5.69 Å². The fourth-order valence-corrected chi connectivity index (χ4v) is 2.14. The first-order chi connectivity index (χ1) is 8.20. The van der Waals surface area contributed by atoms with Crippen molar-refractivity contribution in [2.45, 2.75) is 6.92 Å². The molecule has 1 aliphatic rings. The Hall–Kier alpha value is -1.69. The molecule has 2 N–H and O–H groups in total. The Morgan fingerprint density at radius 2 is 2.18 bits per heavy atom. The van der Waals surface area contributed by atoms with E-state index in [2.05, 4.69) is 16.8 Å². The van der Waals surface area contributed by atoms with Crippen LogP contribution in [-0.4, -0.2) is 37.6 Å². The third kappa shape index (κ3) is 2.71. The van der Waals surface area contributed by atoms with Gasteiger partial charge in [-0.05, 0) is 6.92 Å². The first-order valence-corrected chi connectivity index (χ1v) is 5.95. The number of hydrogen-bond donors (Lipinski definition) is 1. The second-order valence-electron chi connectivity index (χ2n) is 4.28. The molecule has 0 atom stereocenters. The van der Waals surface area contributed by atoms with E-state index in [1.165, 1.54) is 6.20 Å². The number of nitrogens with one attached hydrogen (secondary N) is 2. The standard InChI is InChI=1S/C11H16N4O2/c1-2-13-5-7-14(8-6-13)11-4-3-10(9-12-11)15(16)17/h3-4,9H,2,5-8H2,1H3/p+2. The fraction of sp³-hybridized carbons (Fsp3) is 0.545. The highest BCUT2D eigenvalue weighted by Crippen LogP contribution is 2.11. The zero-order chi connectivity index (χ0) is 12.3. The molecule has 0 radical (unpaired) electrons. The topological polar surface area (TPSA) is 65.0 Å². The number of pyridine rings is 1. The van der Waals surface area contributed by atoms with Crippen LogP contribution in [0.25, 0.3) is 0 Å². The van der Waals surface area contributed by atoms with Gasteiger partial charge in [0.2, 0.25) is 0 Å². The molecule has 6 heteroatoms. The van der Waals surface area contributed by atoms with Crippen LogP contribution in [0.5, 0.6) is 0 Å². The Morgan fingerprint density at radius 3 is 2.65 bits per heavy atom. The second kappa shape index (κ2) is 5.09. The normalized spacial score (nSPS) is 17.1. The summed E-state index contributed by atoms with van der Waals surface area (Å²) in [4.78, 5) is 17.0. The van der Waals surface area contributed by atoms with E-state index < -0.39 is 0 Å². The SMILES string of the molecule is CC[NH+]1CCN(c2ccc([N+](=O)[O-])c[nH+]2)CC1. The average molecular weight is 238 g/mol. The summed E-state index contributed by atoms with van der Waals surface area (Å²) in [6.45, 7) is 7.61. The Morgan fingerprint density at radius 1 is 1.47 bits per heavy atom. The van der Waals surface area contributed by atoms with Gasteiger partial charge in [0.15, 0.2) is 6.20 Å². The van der Waals surface area contributed by atoms with Crippen molar-refractivity contribution in [1.82, 2.24) is 0 Å². The Bertz CT molecular complexity index is 385. The van der Waals surface area contributed by atoms with E-state index in [4.69, 9.17) is 0 Å². The molecular weight excluding hydrogens is 220 g/mol. The Balaban J connectivity index is 2.01. The summed E-state index contributed by atoms with van der Waals surface area (Å²) in [5.41, 5.74) is 0.103. The van der Waals surface area contributed by atoms with Crippen molar-refractivity contribution in [2.75, 3.05) is 37.6 Å². The third-order valence-corrected chi connectivity index (χ3v) is 3.30. The van der Waals surface area contributed by atoms with Gasteiger partial charge in [-0.15, -0.1) is 0 Å². The minimum atomic E-state index is -0.389. The highest BCUT2D eigenvalue weighted by Gasteiger charge is 2.25. The van der Waals surface area contributed by atoms with Crippen LogP contribution in [0.15, 0.2) is 18.3 Å². The van der Waals surface area contributed by atoms with Crippen molar-refractivity contribution < 1.29 is 14.8 Å². The Kier molecular flexibility index (Phi) is 3.53. The summed E-state index contributed by atoms with van der Waals surface area (Å²) >= 11 is 0. The number of rotatable bonds is 3. The summed E-state index contributed by atoms with van der Waals surface area (Å²) < 4.78 is 0. The predicted octanol–water partition coefficient (Wildman–Crippen LogP) is -0.866. The molecule has 0 unspecified atom stereocenters. The molecule has 0 aromatic carbocycles. The molecule has 0 aliphatic carbocycles. The fourth-order valence-electron chi connectivity index (χ4n) is 2.14. The third-order valence-electron chi connectivity index (χ3n) is 3.30. The van der Waals surface area contributed by atoms with Crippen molar-refractivity contribution >= 4 is 11.5 Å². The van der Waals surface area contributed by atoms with Gasteiger partial charge in [0.05, 0.1) is 11.5 Å². The van der Waals surface area contributed by atoms with Crippen molar-refractivity contribution in [3.8, 4) is 0 Å². The van der Waals surface area contributed by atoms with E-state index >= 15 is 0 Å². The summed E-state index contributed by atoms with van der Waals surface area (Å²) in [7, 11) is 0. The number of nitrogens with zero attached hydrogens (tertiary/aromatic N) is 2. The molecule has 6 nitrogen and oxygen atoms in total. The predicted molar refractivity (Wildman–Crippen MR) is 63.1 cm³/mol. The molecule has 17 heavy (non-hydrogen) atoms. The largest absolute Gasteiger partial charge is 0.329 e. The van der Waals surface area contributed by atoms with E-state index in [9.17, 15) is 10.1 Å². The highest BCUT2D eigenvalue weighted by molar-refractivity contribution is 5.37. The summed E-state index contributed by atoms with van der Waals surface area (Å²) in [6.07, 6.45) is 1.45. The van der Waals surface area contributed by atoms with Crippen molar-refractivity contribution in [3.63, 3.8) is 0 Å². The molecule has 0 amide bonds. The number of aromatic amines is 1. The maximum atomic E-state index is 10.5. The first kappa shape index (κ1) is 11.8. The first-order valence-electron chi connectivity index (χ1n) is 5.95. The van der Waals surface area contributed by atoms with E-state index in [0.717, 1.165) is 38.5 Å². The average Bonchev–Trinajstić information content (AvgIpc) is 2.39. The van der Waals surface area contributed by atoms with Gasteiger partial charge < -0.3 is 4.90 Å². The molecular formula is C11H18N4O2+2. The van der Waals surface area contributed by atoms with Gasteiger partial charge in [-0.2, -0.15) is 0 Å². The van der Waals surface area contributed by atoms with Crippen molar-refractivity contribution in [3.05, 3.63) is 28.4 Å². The highest BCUT2D eigenvalue weighted by atomic mass is 16.6. The van der Waals surface area contributed by atoms with E-state index in [-0.39, 0.29) is 10.6 Å². The van der Waals surface area contributed by atoms with Crippen LogP contribution in [0.4, 0.5) is 11.5 Å². The maximum Gasteiger partial charge on any atom is 0.308 e. The van der Waals surface area contributed by atoms with Crippen LogP contribution in [0, 0.1) is 10.1 Å². The van der Waals surface area contributed by atoms with E-state index in [1.54, 1.807) is 17.0 Å². The van der Waals surface area contributed by atoms with Crippen LogP contribution >= 0.6 is 0 Å². The number of nitro groups is 1. The summed E-state index contributed by atoms with van der Waals surface area (Å²) in [5.74, 6) is 0.964. The zero-order valence-electron chi connectivity index (χ0n) is 9.98. The number of piperazine rings is 1.